The quantitative estimate of drug-likeness (QED) is 0.660. The fraction of sp³-hybridized carbons (Fsp3) is 0.733. The van der Waals surface area contributed by atoms with Gasteiger partial charge in [0.1, 0.15) is 0 Å². The first-order valence-corrected chi connectivity index (χ1v) is 8.48. The molecule has 0 bridgehead atoms. The smallest absolute Gasteiger partial charge is 0.0991 e. The Bertz CT molecular complexity index is 395. The number of hydrogen-bond acceptors (Lipinski definition) is 2. The Morgan fingerprint density at radius 3 is 2.37 bits per heavy atom. The first-order valence-electron chi connectivity index (χ1n) is 6.91. The summed E-state index contributed by atoms with van der Waals surface area (Å²) in [5, 5.41) is 3.53. The molecule has 2 atom stereocenters. The largest absolute Gasteiger partial charge is 0.310 e. The van der Waals surface area contributed by atoms with Gasteiger partial charge in [-0.15, -0.1) is 11.3 Å². The van der Waals surface area contributed by atoms with Gasteiger partial charge < -0.3 is 5.32 Å². The van der Waals surface area contributed by atoms with Crippen LogP contribution in [0, 0.1) is 11.3 Å². The summed E-state index contributed by atoms with van der Waals surface area (Å²) in [4.78, 5) is 0. The third kappa shape index (κ3) is 6.03. The van der Waals surface area contributed by atoms with Gasteiger partial charge in [-0.1, -0.05) is 57.8 Å². The van der Waals surface area contributed by atoms with Crippen molar-refractivity contribution in [2.45, 2.75) is 53.5 Å². The molecule has 0 spiro atoms. The van der Waals surface area contributed by atoms with Crippen LogP contribution in [-0.4, -0.2) is 6.54 Å². The van der Waals surface area contributed by atoms with Gasteiger partial charge in [0.05, 0.1) is 8.67 Å². The molecular formula is C15H25Cl2NS. The summed E-state index contributed by atoms with van der Waals surface area (Å²) in [6, 6.07) is 2.31. The molecular weight excluding hydrogens is 297 g/mol. The lowest BCUT2D eigenvalue weighted by atomic mass is 9.82. The van der Waals surface area contributed by atoms with Crippen LogP contribution in [0.3, 0.4) is 0 Å². The topological polar surface area (TPSA) is 12.0 Å². The molecule has 0 aromatic carbocycles. The van der Waals surface area contributed by atoms with E-state index in [1.54, 1.807) is 0 Å². The molecule has 2 unspecified atom stereocenters. The normalized spacial score (nSPS) is 15.5. The number of thiophene rings is 1. The Balaban J connectivity index is 2.76. The highest BCUT2D eigenvalue weighted by Crippen LogP contribution is 2.38. The second kappa shape index (κ2) is 7.31. The van der Waals surface area contributed by atoms with E-state index >= 15 is 0 Å². The maximum atomic E-state index is 6.29. The average Bonchev–Trinajstić information content (AvgIpc) is 2.54. The van der Waals surface area contributed by atoms with Crippen molar-refractivity contribution >= 4 is 34.5 Å². The van der Waals surface area contributed by atoms with Gasteiger partial charge in [0.25, 0.3) is 0 Å². The molecule has 19 heavy (non-hydrogen) atoms. The lowest BCUT2D eigenvalue weighted by Gasteiger charge is -2.27. The molecule has 0 aliphatic rings. The molecule has 0 aliphatic carbocycles. The SMILES string of the molecule is CCNC(CC(C)CC(C)(C)C)c1cc(Cl)sc1Cl. The minimum atomic E-state index is 0.304. The molecule has 0 amide bonds. The average molecular weight is 322 g/mol. The van der Waals surface area contributed by atoms with Crippen LogP contribution in [0.15, 0.2) is 6.07 Å². The van der Waals surface area contributed by atoms with E-state index < -0.39 is 0 Å². The fourth-order valence-electron chi connectivity index (χ4n) is 2.69. The van der Waals surface area contributed by atoms with Crippen molar-refractivity contribution in [1.29, 1.82) is 0 Å². The molecule has 1 nitrogen and oxygen atoms in total. The molecule has 1 aromatic rings. The lowest BCUT2D eigenvalue weighted by Crippen LogP contribution is -2.24. The number of nitrogens with one attached hydrogen (secondary N) is 1. The molecule has 1 N–H and O–H groups in total. The van der Waals surface area contributed by atoms with Crippen molar-refractivity contribution in [2.75, 3.05) is 6.54 Å². The van der Waals surface area contributed by atoms with Crippen molar-refractivity contribution in [2.24, 2.45) is 11.3 Å². The molecule has 4 heteroatoms. The Morgan fingerprint density at radius 2 is 1.95 bits per heavy atom. The van der Waals surface area contributed by atoms with Crippen LogP contribution in [-0.2, 0) is 0 Å². The van der Waals surface area contributed by atoms with E-state index in [-0.39, 0.29) is 0 Å². The summed E-state index contributed by atoms with van der Waals surface area (Å²) in [5.74, 6) is 0.652. The van der Waals surface area contributed by atoms with Gasteiger partial charge >= 0.3 is 0 Å². The van der Waals surface area contributed by atoms with E-state index in [9.17, 15) is 0 Å². The summed E-state index contributed by atoms with van der Waals surface area (Å²) in [7, 11) is 0. The summed E-state index contributed by atoms with van der Waals surface area (Å²) in [5.41, 5.74) is 1.52. The second-order valence-electron chi connectivity index (χ2n) is 6.50. The van der Waals surface area contributed by atoms with Crippen LogP contribution in [0.5, 0.6) is 0 Å². The molecule has 1 heterocycles. The Labute approximate surface area is 131 Å². The Hall–Kier alpha value is 0.240. The van der Waals surface area contributed by atoms with E-state index in [0.717, 1.165) is 27.2 Å². The zero-order valence-electron chi connectivity index (χ0n) is 12.5. The van der Waals surface area contributed by atoms with E-state index in [2.05, 4.69) is 39.9 Å². The predicted octanol–water partition coefficient (Wildman–Crippen LogP) is 6.17. The van der Waals surface area contributed by atoms with Crippen molar-refractivity contribution in [3.63, 3.8) is 0 Å². The summed E-state index contributed by atoms with van der Waals surface area (Å²) >= 11 is 13.8. The molecule has 0 radical (unpaired) electrons. The highest BCUT2D eigenvalue weighted by atomic mass is 35.5. The Kier molecular flexibility index (Phi) is 6.65. The summed E-state index contributed by atoms with van der Waals surface area (Å²) in [6.07, 6.45) is 2.31. The maximum Gasteiger partial charge on any atom is 0.0991 e. The van der Waals surface area contributed by atoms with Crippen molar-refractivity contribution in [3.8, 4) is 0 Å². The monoisotopic (exact) mass is 321 g/mol. The lowest BCUT2D eigenvalue weighted by molar-refractivity contribution is 0.277. The van der Waals surface area contributed by atoms with Crippen molar-refractivity contribution < 1.29 is 0 Å². The first-order chi connectivity index (χ1) is 8.73. The van der Waals surface area contributed by atoms with Gasteiger partial charge in [0.15, 0.2) is 0 Å². The number of hydrogen-bond donors (Lipinski definition) is 1. The highest BCUT2D eigenvalue weighted by Gasteiger charge is 2.22. The van der Waals surface area contributed by atoms with Crippen LogP contribution in [0.2, 0.25) is 8.67 Å². The number of rotatable bonds is 6. The molecule has 0 saturated carbocycles. The van der Waals surface area contributed by atoms with Crippen LogP contribution in [0.1, 0.15) is 59.1 Å². The molecule has 0 fully saturated rings. The minimum absolute atomic E-state index is 0.304. The summed E-state index contributed by atoms with van der Waals surface area (Å²) < 4.78 is 1.59. The zero-order valence-corrected chi connectivity index (χ0v) is 14.8. The van der Waals surface area contributed by atoms with Gasteiger partial charge in [-0.25, -0.2) is 0 Å². The maximum absolute atomic E-state index is 6.29. The minimum Gasteiger partial charge on any atom is -0.310 e. The summed E-state index contributed by atoms with van der Waals surface area (Å²) in [6.45, 7) is 12.3. The third-order valence-electron chi connectivity index (χ3n) is 3.11. The molecule has 110 valence electrons. The van der Waals surface area contributed by atoms with E-state index in [4.69, 9.17) is 23.2 Å². The van der Waals surface area contributed by atoms with Crippen LogP contribution in [0.4, 0.5) is 0 Å². The highest BCUT2D eigenvalue weighted by molar-refractivity contribution is 7.20. The molecule has 1 rings (SSSR count). The molecule has 0 saturated heterocycles. The van der Waals surface area contributed by atoms with Crippen molar-refractivity contribution in [3.05, 3.63) is 20.3 Å². The van der Waals surface area contributed by atoms with E-state index in [0.29, 0.717) is 17.4 Å². The molecule has 1 aromatic heterocycles. The Morgan fingerprint density at radius 1 is 1.32 bits per heavy atom. The predicted molar refractivity (Wildman–Crippen MR) is 88.6 cm³/mol. The first kappa shape index (κ1) is 17.3. The fourth-order valence-corrected chi connectivity index (χ4v) is 4.27. The molecule has 0 aliphatic heterocycles. The van der Waals surface area contributed by atoms with E-state index in [1.165, 1.54) is 17.8 Å². The van der Waals surface area contributed by atoms with Crippen LogP contribution >= 0.6 is 34.5 Å². The van der Waals surface area contributed by atoms with Gasteiger partial charge in [-0.05, 0) is 36.8 Å². The standard InChI is InChI=1S/C15H25Cl2NS/c1-6-18-12(7-10(2)9-15(3,4)5)11-8-13(16)19-14(11)17/h8,10,12,18H,6-7,9H2,1-5H3. The van der Waals surface area contributed by atoms with Crippen molar-refractivity contribution in [1.82, 2.24) is 5.32 Å². The van der Waals surface area contributed by atoms with Gasteiger partial charge in [0, 0.05) is 11.6 Å². The van der Waals surface area contributed by atoms with E-state index in [1.807, 2.05) is 6.07 Å². The van der Waals surface area contributed by atoms with Gasteiger partial charge in [0.2, 0.25) is 0 Å². The van der Waals surface area contributed by atoms with Crippen LogP contribution < -0.4 is 5.32 Å². The third-order valence-corrected chi connectivity index (χ3v) is 4.63. The second-order valence-corrected chi connectivity index (χ2v) is 8.78. The number of halogens is 2. The van der Waals surface area contributed by atoms with Crippen LogP contribution in [0.25, 0.3) is 0 Å². The van der Waals surface area contributed by atoms with Gasteiger partial charge in [-0.3, -0.25) is 0 Å². The zero-order chi connectivity index (χ0) is 14.6. The van der Waals surface area contributed by atoms with Gasteiger partial charge in [-0.2, -0.15) is 0 Å².